The van der Waals surface area contributed by atoms with Gasteiger partial charge in [0.05, 0.1) is 32.5 Å². The van der Waals surface area contributed by atoms with Crippen LogP contribution in [-0.4, -0.2) is 55.4 Å². The van der Waals surface area contributed by atoms with Gasteiger partial charge in [-0.2, -0.15) is 5.10 Å². The van der Waals surface area contributed by atoms with E-state index in [0.717, 1.165) is 54.9 Å². The van der Waals surface area contributed by atoms with Crippen LogP contribution in [0.2, 0.25) is 0 Å². The van der Waals surface area contributed by atoms with E-state index >= 15 is 0 Å². The van der Waals surface area contributed by atoms with Crippen molar-refractivity contribution >= 4 is 11.6 Å². The number of hydrazone groups is 1. The monoisotopic (exact) mass is 511 g/mol. The molecule has 1 saturated heterocycles. The van der Waals surface area contributed by atoms with E-state index in [4.69, 9.17) is 14.6 Å². The molecule has 2 aliphatic rings. The van der Waals surface area contributed by atoms with Crippen molar-refractivity contribution in [1.29, 1.82) is 0 Å². The van der Waals surface area contributed by atoms with Crippen LogP contribution in [0.15, 0.2) is 77.9 Å². The van der Waals surface area contributed by atoms with Gasteiger partial charge in [0.25, 0.3) is 5.91 Å². The minimum Gasteiger partial charge on any atom is -0.497 e. The minimum absolute atomic E-state index is 0.0250. The lowest BCUT2D eigenvalue weighted by Crippen LogP contribution is -2.42. The Morgan fingerprint density at radius 1 is 0.947 bits per heavy atom. The highest BCUT2D eigenvalue weighted by Crippen LogP contribution is 2.39. The van der Waals surface area contributed by atoms with E-state index in [9.17, 15) is 4.79 Å². The van der Waals surface area contributed by atoms with Gasteiger partial charge in [-0.15, -0.1) is 0 Å². The summed E-state index contributed by atoms with van der Waals surface area (Å²) in [5, 5.41) is 6.59. The second-order valence-electron chi connectivity index (χ2n) is 10.4. The third-order valence-electron chi connectivity index (χ3n) is 7.75. The van der Waals surface area contributed by atoms with Crippen molar-refractivity contribution in [3.8, 4) is 11.5 Å². The third kappa shape index (κ3) is 5.91. The average Bonchev–Trinajstić information content (AvgIpc) is 3.40. The lowest BCUT2D eigenvalue weighted by atomic mass is 9.90. The molecule has 3 aromatic carbocycles. The van der Waals surface area contributed by atoms with E-state index in [2.05, 4.69) is 60.4 Å². The van der Waals surface area contributed by atoms with Crippen LogP contribution in [0, 0.1) is 12.8 Å². The molecule has 1 unspecified atom stereocenters. The molecule has 0 N–H and O–H groups in total. The number of ether oxygens (including phenoxy) is 2. The lowest BCUT2D eigenvalue weighted by Gasteiger charge is -2.33. The minimum atomic E-state index is -0.227. The number of aryl methyl sites for hydroxylation is 1. The smallest absolute Gasteiger partial charge is 0.257 e. The van der Waals surface area contributed by atoms with E-state index in [1.807, 2.05) is 24.3 Å². The molecular weight excluding hydrogens is 474 g/mol. The van der Waals surface area contributed by atoms with Crippen molar-refractivity contribution in [1.82, 2.24) is 9.91 Å². The molecule has 0 saturated carbocycles. The van der Waals surface area contributed by atoms with Crippen LogP contribution < -0.4 is 9.47 Å². The van der Waals surface area contributed by atoms with Crippen LogP contribution in [0.3, 0.4) is 0 Å². The van der Waals surface area contributed by atoms with E-state index in [-0.39, 0.29) is 11.9 Å². The Hall–Kier alpha value is -3.64. The van der Waals surface area contributed by atoms with Crippen molar-refractivity contribution in [2.75, 3.05) is 33.9 Å². The number of methoxy groups -OCH3 is 2. The number of nitrogens with zero attached hydrogens (tertiary/aromatic N) is 3. The summed E-state index contributed by atoms with van der Waals surface area (Å²) in [6.45, 7) is 4.31. The van der Waals surface area contributed by atoms with Crippen LogP contribution >= 0.6 is 0 Å². The van der Waals surface area contributed by atoms with Gasteiger partial charge in [0, 0.05) is 18.1 Å². The average molecular weight is 512 g/mol. The van der Waals surface area contributed by atoms with Crippen molar-refractivity contribution in [3.63, 3.8) is 0 Å². The number of carbonyl (C=O) groups is 1. The lowest BCUT2D eigenvalue weighted by molar-refractivity contribution is -0.134. The van der Waals surface area contributed by atoms with Gasteiger partial charge < -0.3 is 9.47 Å². The second kappa shape index (κ2) is 11.8. The van der Waals surface area contributed by atoms with Crippen molar-refractivity contribution in [2.24, 2.45) is 11.0 Å². The third-order valence-corrected chi connectivity index (χ3v) is 7.75. The molecule has 6 nitrogen and oxygen atoms in total. The van der Waals surface area contributed by atoms with E-state index in [1.165, 1.54) is 11.1 Å². The molecule has 0 spiro atoms. The summed E-state index contributed by atoms with van der Waals surface area (Å²) in [5.74, 6) is 2.11. The van der Waals surface area contributed by atoms with Crippen molar-refractivity contribution in [3.05, 3.63) is 95.1 Å². The molecule has 0 radical (unpaired) electrons. The Balaban J connectivity index is 1.32. The van der Waals surface area contributed by atoms with Gasteiger partial charge in [-0.25, -0.2) is 5.01 Å². The number of likely N-dealkylation sites (tertiary alicyclic amines) is 1. The van der Waals surface area contributed by atoms with E-state index in [1.54, 1.807) is 19.2 Å². The summed E-state index contributed by atoms with van der Waals surface area (Å²) in [6, 6.07) is 24.6. The Morgan fingerprint density at radius 3 is 2.45 bits per heavy atom. The predicted molar refractivity (Wildman–Crippen MR) is 151 cm³/mol. The van der Waals surface area contributed by atoms with Crippen LogP contribution in [0.1, 0.15) is 47.6 Å². The van der Waals surface area contributed by atoms with Gasteiger partial charge in [0.2, 0.25) is 0 Å². The molecule has 38 heavy (non-hydrogen) atoms. The maximum Gasteiger partial charge on any atom is 0.257 e. The fourth-order valence-electron chi connectivity index (χ4n) is 5.64. The highest BCUT2D eigenvalue weighted by atomic mass is 16.5. The number of piperidine rings is 1. The first-order valence-electron chi connectivity index (χ1n) is 13.5. The van der Waals surface area contributed by atoms with Crippen LogP contribution in [0.25, 0.3) is 0 Å². The maximum absolute atomic E-state index is 13.7. The summed E-state index contributed by atoms with van der Waals surface area (Å²) in [4.78, 5) is 16.0. The molecule has 2 heterocycles. The summed E-state index contributed by atoms with van der Waals surface area (Å²) >= 11 is 0. The largest absolute Gasteiger partial charge is 0.497 e. The summed E-state index contributed by atoms with van der Waals surface area (Å²) in [5.41, 5.74) is 5.49. The number of hydrogen-bond acceptors (Lipinski definition) is 5. The second-order valence-corrected chi connectivity index (χ2v) is 10.4. The van der Waals surface area contributed by atoms with E-state index in [0.29, 0.717) is 24.6 Å². The number of benzene rings is 3. The molecular formula is C32H37N3O3. The predicted octanol–water partition coefficient (Wildman–Crippen LogP) is 5.64. The van der Waals surface area contributed by atoms with Gasteiger partial charge in [-0.05, 0) is 68.5 Å². The normalized spacial score (nSPS) is 18.3. The maximum atomic E-state index is 13.7. The number of hydrogen-bond donors (Lipinski definition) is 0. The molecule has 5 rings (SSSR count). The first kappa shape index (κ1) is 26.0. The van der Waals surface area contributed by atoms with Gasteiger partial charge in [-0.1, -0.05) is 60.2 Å². The standard InChI is InChI=1S/C32H37N3O3/c1-23-8-7-11-26(18-23)29-21-30(28-13-12-27(37-2)20-31(28)38-3)35(33-29)32(36)22-34-16-14-25(15-17-34)19-24-9-5-4-6-10-24/h4-13,18,20,25,30H,14-17,19,21-22H2,1-3H3. The van der Waals surface area contributed by atoms with Crippen molar-refractivity contribution < 1.29 is 14.3 Å². The zero-order valence-electron chi connectivity index (χ0n) is 22.6. The van der Waals surface area contributed by atoms with E-state index < -0.39 is 0 Å². The molecule has 3 aromatic rings. The summed E-state index contributed by atoms with van der Waals surface area (Å²) < 4.78 is 11.1. The summed E-state index contributed by atoms with van der Waals surface area (Å²) in [7, 11) is 3.29. The number of rotatable bonds is 8. The molecule has 2 aliphatic heterocycles. The SMILES string of the molecule is COc1ccc(C2CC(c3cccc(C)c3)=NN2C(=O)CN2CCC(Cc3ccccc3)CC2)c(OC)c1. The van der Waals surface area contributed by atoms with Crippen LogP contribution in [0.4, 0.5) is 0 Å². The Morgan fingerprint density at radius 2 is 1.74 bits per heavy atom. The Kier molecular flexibility index (Phi) is 8.08. The molecule has 1 amide bonds. The van der Waals surface area contributed by atoms with Crippen LogP contribution in [-0.2, 0) is 11.2 Å². The Bertz CT molecular complexity index is 1280. The molecule has 1 fully saturated rings. The molecule has 1 atom stereocenters. The first-order valence-corrected chi connectivity index (χ1v) is 13.5. The quantitative estimate of drug-likeness (QED) is 0.393. The number of amides is 1. The molecule has 198 valence electrons. The molecule has 6 heteroatoms. The fraction of sp³-hybridized carbons (Fsp3) is 0.375. The molecule has 0 bridgehead atoms. The zero-order valence-corrected chi connectivity index (χ0v) is 22.6. The summed E-state index contributed by atoms with van der Waals surface area (Å²) in [6.07, 6.45) is 3.96. The molecule has 0 aromatic heterocycles. The van der Waals surface area contributed by atoms with Gasteiger partial charge >= 0.3 is 0 Å². The highest BCUT2D eigenvalue weighted by molar-refractivity contribution is 6.03. The van der Waals surface area contributed by atoms with Crippen molar-refractivity contribution in [2.45, 2.75) is 38.6 Å². The topological polar surface area (TPSA) is 54.4 Å². The Labute approximate surface area is 225 Å². The van der Waals surface area contributed by atoms with Crippen LogP contribution in [0.5, 0.6) is 11.5 Å². The molecule has 0 aliphatic carbocycles. The first-order chi connectivity index (χ1) is 18.5. The highest BCUT2D eigenvalue weighted by Gasteiger charge is 2.36. The van der Waals surface area contributed by atoms with Gasteiger partial charge in [0.15, 0.2) is 0 Å². The van der Waals surface area contributed by atoms with Gasteiger partial charge in [-0.3, -0.25) is 9.69 Å². The number of carbonyl (C=O) groups excluding carboxylic acids is 1. The fourth-order valence-corrected chi connectivity index (χ4v) is 5.64. The van der Waals surface area contributed by atoms with Gasteiger partial charge in [0.1, 0.15) is 11.5 Å². The zero-order chi connectivity index (χ0) is 26.5.